The van der Waals surface area contributed by atoms with Gasteiger partial charge in [-0.1, -0.05) is 109 Å². The van der Waals surface area contributed by atoms with E-state index in [4.69, 9.17) is 0 Å². The van der Waals surface area contributed by atoms with Crippen LogP contribution in [0.3, 0.4) is 0 Å². The predicted molar refractivity (Wildman–Crippen MR) is 137 cm³/mol. The molecule has 1 atom stereocenters. The van der Waals surface area contributed by atoms with Crippen LogP contribution < -0.4 is 0 Å². The normalized spacial score (nSPS) is 19.0. The minimum absolute atomic E-state index is 0.477. The van der Waals surface area contributed by atoms with E-state index < -0.39 is 18.9 Å². The molecule has 1 rings (SSSR count). The Morgan fingerprint density at radius 2 is 1.10 bits per heavy atom. The van der Waals surface area contributed by atoms with Crippen LogP contribution in [0.15, 0.2) is 11.6 Å². The molecular weight excluding hydrogens is 401 g/mol. The number of hydrogen-bond donors (Lipinski definition) is 0. The van der Waals surface area contributed by atoms with Crippen LogP contribution in [0.4, 0.5) is 0 Å². The topological polar surface area (TPSA) is 40.2 Å². The minimum atomic E-state index is -1.62. The average Bonchev–Trinajstić information content (AvgIpc) is 2.86. The molecule has 0 saturated heterocycles. The second kappa shape index (κ2) is 15.7. The quantitative estimate of drug-likeness (QED) is 0.111. The van der Waals surface area contributed by atoms with E-state index in [2.05, 4.69) is 13.0 Å². The van der Waals surface area contributed by atoms with Crippen LogP contribution in [0.25, 0.3) is 0 Å². The molecule has 31 heavy (non-hydrogen) atoms. The third kappa shape index (κ3) is 11.5. The summed E-state index contributed by atoms with van der Waals surface area (Å²) in [7, 11) is -1.62. The van der Waals surface area contributed by atoms with E-state index in [1.54, 1.807) is 0 Å². The van der Waals surface area contributed by atoms with Gasteiger partial charge in [0, 0.05) is 6.16 Å². The first-order valence-electron chi connectivity index (χ1n) is 13.4. The van der Waals surface area contributed by atoms with Crippen molar-refractivity contribution in [2.75, 3.05) is 12.3 Å². The van der Waals surface area contributed by atoms with E-state index in [-0.39, 0.29) is 0 Å². The summed E-state index contributed by atoms with van der Waals surface area (Å²) in [5, 5.41) is 13.6. The van der Waals surface area contributed by atoms with Gasteiger partial charge in [-0.05, 0) is 45.9 Å². The second-order valence-electron chi connectivity index (χ2n) is 10.9. The summed E-state index contributed by atoms with van der Waals surface area (Å²) < 4.78 is 12.6. The highest BCUT2D eigenvalue weighted by Gasteiger charge is 2.46. The molecule has 1 unspecified atom stereocenters. The summed E-state index contributed by atoms with van der Waals surface area (Å²) in [6.45, 7) is 10.1. The molecule has 0 aliphatic carbocycles. The maximum absolute atomic E-state index is 12.6. The van der Waals surface area contributed by atoms with Crippen molar-refractivity contribution < 1.29 is 9.77 Å². The van der Waals surface area contributed by atoms with Gasteiger partial charge in [0.1, 0.15) is 0 Å². The van der Waals surface area contributed by atoms with Gasteiger partial charge in [0.25, 0.3) is 0 Å². The Morgan fingerprint density at radius 1 is 0.710 bits per heavy atom. The maximum atomic E-state index is 12.6. The van der Waals surface area contributed by atoms with Gasteiger partial charge in [0.05, 0.1) is 18.9 Å². The molecule has 3 nitrogen and oxygen atoms in total. The summed E-state index contributed by atoms with van der Waals surface area (Å²) in [6.07, 6.45) is 25.4. The van der Waals surface area contributed by atoms with Gasteiger partial charge in [0.15, 0.2) is 0 Å². The van der Waals surface area contributed by atoms with Crippen LogP contribution in [0.5, 0.6) is 0 Å². The zero-order chi connectivity index (χ0) is 23.2. The molecule has 0 saturated carbocycles. The first kappa shape index (κ1) is 28.9. The van der Waals surface area contributed by atoms with E-state index in [0.29, 0.717) is 6.16 Å². The lowest BCUT2D eigenvalue weighted by Gasteiger charge is -2.34. The van der Waals surface area contributed by atoms with Crippen LogP contribution in [0.2, 0.25) is 0 Å². The molecule has 0 aromatic rings. The Morgan fingerprint density at radius 3 is 1.45 bits per heavy atom. The van der Waals surface area contributed by atoms with Gasteiger partial charge in [-0.15, -0.1) is 10.3 Å². The Balaban J connectivity index is 1.93. The molecule has 1 aliphatic rings. The fourth-order valence-electron chi connectivity index (χ4n) is 4.95. The fourth-order valence-corrected chi connectivity index (χ4v) is 6.73. The van der Waals surface area contributed by atoms with Crippen molar-refractivity contribution in [1.82, 2.24) is 5.06 Å². The Hall–Kier alpha value is -0.110. The maximum Gasteiger partial charge on any atom is 0.0801 e. The number of hydroxylamine groups is 2. The van der Waals surface area contributed by atoms with Crippen molar-refractivity contribution in [3.63, 3.8) is 0 Å². The molecule has 1 radical (unpaired) electrons. The first-order chi connectivity index (χ1) is 14.7. The highest BCUT2D eigenvalue weighted by molar-refractivity contribution is 7.44. The van der Waals surface area contributed by atoms with Crippen LogP contribution in [0.1, 0.15) is 137 Å². The van der Waals surface area contributed by atoms with Crippen molar-refractivity contribution in [2.45, 2.75) is 148 Å². The molecule has 1 heterocycles. The van der Waals surface area contributed by atoms with Crippen molar-refractivity contribution in [3.8, 4) is 0 Å². The first-order valence-corrected chi connectivity index (χ1v) is 15.3. The Bertz CT molecular complexity index is 527. The highest BCUT2D eigenvalue weighted by Crippen LogP contribution is 2.42. The molecule has 4 heteroatoms. The summed E-state index contributed by atoms with van der Waals surface area (Å²) in [6, 6.07) is 0. The van der Waals surface area contributed by atoms with E-state index >= 15 is 0 Å². The van der Waals surface area contributed by atoms with Crippen LogP contribution in [0, 0.1) is 0 Å². The van der Waals surface area contributed by atoms with E-state index in [1.807, 2.05) is 27.7 Å². The monoisotopic (exact) mass is 454 g/mol. The Labute approximate surface area is 195 Å². The lowest BCUT2D eigenvalue weighted by molar-refractivity contribution is -0.238. The molecule has 183 valence electrons. The lowest BCUT2D eigenvalue weighted by atomic mass is 9.98. The summed E-state index contributed by atoms with van der Waals surface area (Å²) in [5.41, 5.74) is 0.0844. The number of nitrogens with zero attached hydrogens (tertiary/aromatic N) is 1. The number of unbranched alkanes of at least 4 members (excludes halogenated alkanes) is 15. The highest BCUT2D eigenvalue weighted by atomic mass is 31.1. The van der Waals surface area contributed by atoms with Crippen LogP contribution in [-0.4, -0.2) is 28.5 Å². The zero-order valence-electron chi connectivity index (χ0n) is 21.6. The number of hydrogen-bond acceptors (Lipinski definition) is 2. The van der Waals surface area contributed by atoms with E-state index in [9.17, 15) is 9.77 Å². The molecule has 0 aromatic carbocycles. The summed E-state index contributed by atoms with van der Waals surface area (Å²) in [4.78, 5) is 0. The van der Waals surface area contributed by atoms with Gasteiger partial charge < -0.3 is 4.57 Å². The summed E-state index contributed by atoms with van der Waals surface area (Å²) in [5.74, 6) is 0. The van der Waals surface area contributed by atoms with Gasteiger partial charge in [-0.25, -0.2) is 0 Å². The second-order valence-corrected chi connectivity index (χ2v) is 12.9. The van der Waals surface area contributed by atoms with E-state index in [1.165, 1.54) is 101 Å². The van der Waals surface area contributed by atoms with E-state index in [0.717, 1.165) is 18.2 Å². The molecule has 0 spiro atoms. The molecule has 1 aliphatic heterocycles. The van der Waals surface area contributed by atoms with Crippen LogP contribution >= 0.6 is 7.80 Å². The van der Waals surface area contributed by atoms with Crippen molar-refractivity contribution in [2.24, 2.45) is 0 Å². The van der Waals surface area contributed by atoms with Crippen molar-refractivity contribution in [3.05, 3.63) is 11.6 Å². The van der Waals surface area contributed by atoms with Gasteiger partial charge >= 0.3 is 0 Å². The predicted octanol–water partition coefficient (Wildman–Crippen LogP) is 8.95. The Kier molecular flexibility index (Phi) is 14.6. The fraction of sp³-hybridized carbons (Fsp3) is 0.926. The molecule has 0 aromatic heterocycles. The third-order valence-electron chi connectivity index (χ3n) is 7.04. The minimum Gasteiger partial charge on any atom is -0.327 e. The third-order valence-corrected chi connectivity index (χ3v) is 8.73. The van der Waals surface area contributed by atoms with Crippen LogP contribution in [-0.2, 0) is 9.77 Å². The van der Waals surface area contributed by atoms with Crippen molar-refractivity contribution in [1.29, 1.82) is 0 Å². The lowest BCUT2D eigenvalue weighted by Crippen LogP contribution is -2.47. The molecule has 0 bridgehead atoms. The molecule has 0 fully saturated rings. The van der Waals surface area contributed by atoms with Gasteiger partial charge in [-0.3, -0.25) is 0 Å². The zero-order valence-corrected chi connectivity index (χ0v) is 22.6. The molecule has 0 amide bonds. The standard InChI is InChI=1S/C27H53NO2P/c1-6-7-8-9-10-11-12-13-14-15-16-17-18-19-20-21-22-31(30)24-25-23-26(2,3)28(29)27(25,4)5/h23,31H,6-22,24H2,1-5H3. The summed E-state index contributed by atoms with van der Waals surface area (Å²) >= 11 is 0. The number of rotatable bonds is 19. The van der Waals surface area contributed by atoms with Gasteiger partial charge in [-0.2, -0.15) is 0 Å². The van der Waals surface area contributed by atoms with Crippen molar-refractivity contribution >= 4 is 7.80 Å². The average molecular weight is 455 g/mol. The van der Waals surface area contributed by atoms with Gasteiger partial charge in [0.2, 0.25) is 0 Å². The molecule has 0 N–H and O–H groups in total. The molecular formula is C27H53NO2P. The smallest absolute Gasteiger partial charge is 0.0801 e. The largest absolute Gasteiger partial charge is 0.327 e. The SMILES string of the molecule is CCCCCCCCCCCCCCCCCC[PH](=O)CC1=CC(C)(C)N([O])C1(C)C.